The van der Waals surface area contributed by atoms with Crippen molar-refractivity contribution in [2.24, 2.45) is 5.92 Å². The maximum absolute atomic E-state index is 11.3. The molecule has 0 heterocycles. The fraction of sp³-hybridized carbons (Fsp3) is 0.917. The summed E-state index contributed by atoms with van der Waals surface area (Å²) in [6.45, 7) is 9.17. The van der Waals surface area contributed by atoms with Gasteiger partial charge in [-0.2, -0.15) is 0 Å². The Morgan fingerprint density at radius 1 is 1.20 bits per heavy atom. The first kappa shape index (κ1) is 14.4. The molecule has 0 aromatic rings. The summed E-state index contributed by atoms with van der Waals surface area (Å²) in [5, 5.41) is 6.18. The molecule has 1 amide bonds. The third kappa shape index (κ3) is 11.4. The number of amides is 1. The van der Waals surface area contributed by atoms with Crippen molar-refractivity contribution in [2.45, 2.75) is 46.5 Å². The first-order valence-electron chi connectivity index (χ1n) is 6.14. The Kier molecular flexibility index (Phi) is 9.59. The SMILES string of the molecule is CCCCNC(=O)CCNCCC(C)C. The zero-order chi connectivity index (χ0) is 11.5. The van der Waals surface area contributed by atoms with Crippen LogP contribution in [0.4, 0.5) is 0 Å². The second-order valence-corrected chi connectivity index (χ2v) is 4.39. The summed E-state index contributed by atoms with van der Waals surface area (Å²) < 4.78 is 0. The van der Waals surface area contributed by atoms with Gasteiger partial charge in [-0.15, -0.1) is 0 Å². The van der Waals surface area contributed by atoms with E-state index < -0.39 is 0 Å². The van der Waals surface area contributed by atoms with Gasteiger partial charge in [-0.25, -0.2) is 0 Å². The molecular formula is C12H26N2O. The van der Waals surface area contributed by atoms with Gasteiger partial charge in [0.25, 0.3) is 0 Å². The van der Waals surface area contributed by atoms with Gasteiger partial charge in [0.1, 0.15) is 0 Å². The average molecular weight is 214 g/mol. The number of nitrogens with one attached hydrogen (secondary N) is 2. The molecule has 2 N–H and O–H groups in total. The zero-order valence-corrected chi connectivity index (χ0v) is 10.4. The molecule has 90 valence electrons. The molecule has 15 heavy (non-hydrogen) atoms. The summed E-state index contributed by atoms with van der Waals surface area (Å²) in [7, 11) is 0. The Morgan fingerprint density at radius 2 is 1.93 bits per heavy atom. The van der Waals surface area contributed by atoms with Crippen molar-refractivity contribution in [1.82, 2.24) is 10.6 Å². The highest BCUT2D eigenvalue weighted by molar-refractivity contribution is 5.75. The van der Waals surface area contributed by atoms with Crippen LogP contribution >= 0.6 is 0 Å². The molecule has 3 heteroatoms. The predicted octanol–water partition coefficient (Wildman–Crippen LogP) is 1.93. The number of hydrogen-bond donors (Lipinski definition) is 2. The summed E-state index contributed by atoms with van der Waals surface area (Å²) in [5.41, 5.74) is 0. The molecule has 0 aromatic carbocycles. The van der Waals surface area contributed by atoms with Gasteiger partial charge in [0.2, 0.25) is 5.91 Å². The van der Waals surface area contributed by atoms with Gasteiger partial charge in [0.15, 0.2) is 0 Å². The molecule has 0 aromatic heterocycles. The number of unbranched alkanes of at least 4 members (excludes halogenated alkanes) is 1. The maximum atomic E-state index is 11.3. The lowest BCUT2D eigenvalue weighted by Gasteiger charge is -2.07. The standard InChI is InChI=1S/C12H26N2O/c1-4-5-8-14-12(15)7-10-13-9-6-11(2)3/h11,13H,4-10H2,1-3H3,(H,14,15). The van der Waals surface area contributed by atoms with Crippen LogP contribution in [0.1, 0.15) is 46.5 Å². The third-order valence-electron chi connectivity index (χ3n) is 2.28. The van der Waals surface area contributed by atoms with Gasteiger partial charge in [-0.1, -0.05) is 27.2 Å². The van der Waals surface area contributed by atoms with Gasteiger partial charge in [0.05, 0.1) is 0 Å². The molecule has 0 radical (unpaired) electrons. The predicted molar refractivity (Wildman–Crippen MR) is 64.9 cm³/mol. The van der Waals surface area contributed by atoms with E-state index in [-0.39, 0.29) is 5.91 Å². The van der Waals surface area contributed by atoms with Gasteiger partial charge in [-0.05, 0) is 25.3 Å². The second-order valence-electron chi connectivity index (χ2n) is 4.39. The molecule has 0 atom stereocenters. The lowest BCUT2D eigenvalue weighted by molar-refractivity contribution is -0.120. The number of carbonyl (C=O) groups is 1. The van der Waals surface area contributed by atoms with Gasteiger partial charge in [0, 0.05) is 19.5 Å². The van der Waals surface area contributed by atoms with Crippen molar-refractivity contribution < 1.29 is 4.79 Å². The monoisotopic (exact) mass is 214 g/mol. The summed E-state index contributed by atoms with van der Waals surface area (Å²) in [5.74, 6) is 0.899. The van der Waals surface area contributed by atoms with Crippen molar-refractivity contribution in [1.29, 1.82) is 0 Å². The van der Waals surface area contributed by atoms with Crippen LogP contribution in [-0.2, 0) is 4.79 Å². The van der Waals surface area contributed by atoms with Crippen LogP contribution in [0.5, 0.6) is 0 Å². The van der Waals surface area contributed by atoms with Gasteiger partial charge < -0.3 is 10.6 Å². The molecule has 0 unspecified atom stereocenters. The molecule has 0 rings (SSSR count). The minimum Gasteiger partial charge on any atom is -0.356 e. The van der Waals surface area contributed by atoms with Crippen molar-refractivity contribution >= 4 is 5.91 Å². The molecule has 0 saturated carbocycles. The van der Waals surface area contributed by atoms with Crippen LogP contribution in [0.15, 0.2) is 0 Å². The molecule has 0 aliphatic heterocycles. The van der Waals surface area contributed by atoms with Crippen LogP contribution in [0.2, 0.25) is 0 Å². The highest BCUT2D eigenvalue weighted by Crippen LogP contribution is 1.96. The van der Waals surface area contributed by atoms with E-state index in [0.29, 0.717) is 6.42 Å². The van der Waals surface area contributed by atoms with E-state index in [1.165, 1.54) is 6.42 Å². The van der Waals surface area contributed by atoms with Crippen LogP contribution in [0, 0.1) is 5.92 Å². The van der Waals surface area contributed by atoms with E-state index in [4.69, 9.17) is 0 Å². The lowest BCUT2D eigenvalue weighted by Crippen LogP contribution is -2.28. The van der Waals surface area contributed by atoms with Crippen molar-refractivity contribution in [3.05, 3.63) is 0 Å². The Balaban J connectivity index is 3.17. The van der Waals surface area contributed by atoms with Gasteiger partial charge >= 0.3 is 0 Å². The van der Waals surface area contributed by atoms with Crippen molar-refractivity contribution in [3.63, 3.8) is 0 Å². The summed E-state index contributed by atoms with van der Waals surface area (Å²) in [6.07, 6.45) is 3.98. The Hall–Kier alpha value is -0.570. The first-order chi connectivity index (χ1) is 7.16. The molecule has 0 bridgehead atoms. The fourth-order valence-electron chi connectivity index (χ4n) is 1.21. The molecular weight excluding hydrogens is 188 g/mol. The number of hydrogen-bond acceptors (Lipinski definition) is 2. The van der Waals surface area contributed by atoms with Crippen LogP contribution in [0.25, 0.3) is 0 Å². The third-order valence-corrected chi connectivity index (χ3v) is 2.28. The normalized spacial score (nSPS) is 10.7. The quantitative estimate of drug-likeness (QED) is 0.576. The molecule has 0 fully saturated rings. The smallest absolute Gasteiger partial charge is 0.221 e. The molecule has 0 aliphatic carbocycles. The average Bonchev–Trinajstić information content (AvgIpc) is 2.17. The molecule has 0 saturated heterocycles. The zero-order valence-electron chi connectivity index (χ0n) is 10.4. The maximum Gasteiger partial charge on any atom is 0.221 e. The van der Waals surface area contributed by atoms with Crippen molar-refractivity contribution in [3.8, 4) is 0 Å². The fourth-order valence-corrected chi connectivity index (χ4v) is 1.21. The van der Waals surface area contributed by atoms with E-state index in [1.807, 2.05) is 0 Å². The first-order valence-corrected chi connectivity index (χ1v) is 6.14. The molecule has 3 nitrogen and oxygen atoms in total. The summed E-state index contributed by atoms with van der Waals surface area (Å²) in [4.78, 5) is 11.3. The van der Waals surface area contributed by atoms with E-state index in [1.54, 1.807) is 0 Å². The summed E-state index contributed by atoms with van der Waals surface area (Å²) >= 11 is 0. The van der Waals surface area contributed by atoms with E-state index in [9.17, 15) is 4.79 Å². The summed E-state index contributed by atoms with van der Waals surface area (Å²) in [6, 6.07) is 0. The van der Waals surface area contributed by atoms with E-state index >= 15 is 0 Å². The Morgan fingerprint density at radius 3 is 2.53 bits per heavy atom. The lowest BCUT2D eigenvalue weighted by atomic mass is 10.1. The topological polar surface area (TPSA) is 41.1 Å². The largest absolute Gasteiger partial charge is 0.356 e. The second kappa shape index (κ2) is 9.97. The molecule has 0 aliphatic rings. The van der Waals surface area contributed by atoms with Crippen LogP contribution in [0.3, 0.4) is 0 Å². The highest BCUT2D eigenvalue weighted by Gasteiger charge is 1.99. The Labute approximate surface area is 94.0 Å². The van der Waals surface area contributed by atoms with E-state index in [0.717, 1.165) is 38.4 Å². The van der Waals surface area contributed by atoms with Crippen LogP contribution < -0.4 is 10.6 Å². The van der Waals surface area contributed by atoms with E-state index in [2.05, 4.69) is 31.4 Å². The minimum absolute atomic E-state index is 0.167. The number of rotatable bonds is 9. The number of carbonyl (C=O) groups excluding carboxylic acids is 1. The van der Waals surface area contributed by atoms with Gasteiger partial charge in [-0.3, -0.25) is 4.79 Å². The minimum atomic E-state index is 0.167. The molecule has 0 spiro atoms. The van der Waals surface area contributed by atoms with Crippen molar-refractivity contribution in [2.75, 3.05) is 19.6 Å². The highest BCUT2D eigenvalue weighted by atomic mass is 16.1. The Bertz CT molecular complexity index is 158. The van der Waals surface area contributed by atoms with Crippen LogP contribution in [-0.4, -0.2) is 25.5 Å².